The number of fused-ring (bicyclic) bond motifs is 5. The van der Waals surface area contributed by atoms with Crippen LogP contribution in [0, 0.1) is 59.7 Å². The Morgan fingerprint density at radius 2 is 1.58 bits per heavy atom. The van der Waals surface area contributed by atoms with Crippen molar-refractivity contribution in [2.45, 2.75) is 129 Å². The van der Waals surface area contributed by atoms with Crippen molar-refractivity contribution in [1.82, 2.24) is 0 Å². The second-order valence-corrected chi connectivity index (χ2v) is 16.1. The normalized spacial score (nSPS) is 41.7. The fraction of sp³-hybridized carbons (Fsp3) is 0.824. The minimum absolute atomic E-state index is 0.253. The second kappa shape index (κ2) is 10.8. The minimum Gasteiger partial charge on any atom is -0.260 e. The van der Waals surface area contributed by atoms with E-state index in [0.29, 0.717) is 11.3 Å². The number of unbranched alkanes of at least 4 members (excludes halogenated alkanes) is 2. The second-order valence-electron chi connectivity index (χ2n) is 14.5. The molecule has 4 saturated carbocycles. The third-order valence-corrected chi connectivity index (χ3v) is 14.1. The lowest BCUT2D eigenvalue weighted by atomic mass is 9.46. The molecule has 0 bridgehead atoms. The molecule has 0 spiro atoms. The van der Waals surface area contributed by atoms with E-state index in [0.717, 1.165) is 53.9 Å². The maximum atomic E-state index is 13.3. The highest BCUT2D eigenvalue weighted by molar-refractivity contribution is 7.86. The van der Waals surface area contributed by atoms with Crippen LogP contribution in [0.5, 0.6) is 0 Å². The first-order chi connectivity index (χ1) is 18.0. The zero-order valence-electron chi connectivity index (χ0n) is 25.0. The largest absolute Gasteiger partial charge is 0.297 e. The highest BCUT2D eigenvalue weighted by atomic mass is 32.2. The maximum Gasteiger partial charge on any atom is 0.297 e. The lowest BCUT2D eigenvalue weighted by Crippen LogP contribution is -2.55. The van der Waals surface area contributed by atoms with E-state index in [1.807, 2.05) is 19.1 Å². The van der Waals surface area contributed by atoms with Crippen LogP contribution in [-0.2, 0) is 14.3 Å². The molecule has 0 aliphatic heterocycles. The number of rotatable bonds is 8. The van der Waals surface area contributed by atoms with Crippen LogP contribution in [-0.4, -0.2) is 14.0 Å². The molecule has 4 aliphatic rings. The van der Waals surface area contributed by atoms with Crippen LogP contribution in [0.4, 0.5) is 0 Å². The summed E-state index contributed by atoms with van der Waals surface area (Å²) in [4.78, 5) is 0.285. The van der Waals surface area contributed by atoms with Gasteiger partial charge < -0.3 is 0 Å². The SMILES string of the molecule is CCCCCC(C)C1CCC2(C)C1CCC1C3CCC(C)(OS(=O)(=O)c4ccc(C)cc4)C(C)C3CCC12. The maximum absolute atomic E-state index is 13.3. The lowest BCUT2D eigenvalue weighted by Gasteiger charge is -2.60. The predicted octanol–water partition coefficient (Wildman–Crippen LogP) is 9.19. The quantitative estimate of drug-likeness (QED) is 0.243. The smallest absolute Gasteiger partial charge is 0.260 e. The fourth-order valence-corrected chi connectivity index (χ4v) is 11.6. The molecular formula is C34H54O3S. The Balaban J connectivity index is 1.28. The van der Waals surface area contributed by atoms with Crippen LogP contribution in [0.3, 0.4) is 0 Å². The van der Waals surface area contributed by atoms with E-state index in [4.69, 9.17) is 4.18 Å². The first-order valence-electron chi connectivity index (χ1n) is 16.0. The van der Waals surface area contributed by atoms with Crippen molar-refractivity contribution >= 4 is 10.1 Å². The van der Waals surface area contributed by atoms with Gasteiger partial charge in [0.05, 0.1) is 10.5 Å². The van der Waals surface area contributed by atoms with Gasteiger partial charge in [-0.05, 0) is 130 Å². The Morgan fingerprint density at radius 1 is 0.895 bits per heavy atom. The average molecular weight is 543 g/mol. The van der Waals surface area contributed by atoms with Gasteiger partial charge in [-0.25, -0.2) is 0 Å². The van der Waals surface area contributed by atoms with Crippen molar-refractivity contribution in [1.29, 1.82) is 0 Å². The van der Waals surface area contributed by atoms with Gasteiger partial charge in [0.2, 0.25) is 0 Å². The summed E-state index contributed by atoms with van der Waals surface area (Å²) in [5.74, 6) is 5.99. The molecule has 1 aromatic carbocycles. The summed E-state index contributed by atoms with van der Waals surface area (Å²) in [6, 6.07) is 7.09. The lowest BCUT2D eigenvalue weighted by molar-refractivity contribution is -0.128. The van der Waals surface area contributed by atoms with Crippen LogP contribution < -0.4 is 0 Å². The molecule has 38 heavy (non-hydrogen) atoms. The summed E-state index contributed by atoms with van der Waals surface area (Å²) in [6.45, 7) is 13.9. The molecule has 4 heteroatoms. The van der Waals surface area contributed by atoms with E-state index >= 15 is 0 Å². The van der Waals surface area contributed by atoms with Gasteiger partial charge in [-0.3, -0.25) is 4.18 Å². The van der Waals surface area contributed by atoms with Gasteiger partial charge in [0.25, 0.3) is 10.1 Å². The number of benzene rings is 1. The molecule has 4 aliphatic carbocycles. The van der Waals surface area contributed by atoms with E-state index in [1.165, 1.54) is 64.2 Å². The van der Waals surface area contributed by atoms with E-state index in [-0.39, 0.29) is 10.8 Å². The molecule has 0 N–H and O–H groups in total. The van der Waals surface area contributed by atoms with E-state index in [9.17, 15) is 8.42 Å². The summed E-state index contributed by atoms with van der Waals surface area (Å²) in [5.41, 5.74) is 0.960. The summed E-state index contributed by atoms with van der Waals surface area (Å²) in [6.07, 6.45) is 15.8. The van der Waals surface area contributed by atoms with Crippen LogP contribution in [0.2, 0.25) is 0 Å². The minimum atomic E-state index is -3.77. The van der Waals surface area contributed by atoms with E-state index < -0.39 is 15.7 Å². The molecule has 0 heterocycles. The molecular weight excluding hydrogens is 488 g/mol. The standard InChI is InChI=1S/C34H54O3S/c1-7-8-9-10-24(3)27-19-21-33(5)31(27)18-16-30-29-20-22-34(6,25(4)28(29)15-17-32(30)33)37-38(35,36)26-13-11-23(2)12-14-26/h11-14,24-25,27-32H,7-10,15-22H2,1-6H3. The van der Waals surface area contributed by atoms with Crippen LogP contribution in [0.25, 0.3) is 0 Å². The monoisotopic (exact) mass is 542 g/mol. The molecule has 214 valence electrons. The average Bonchev–Trinajstić information content (AvgIpc) is 3.24. The van der Waals surface area contributed by atoms with Crippen molar-refractivity contribution in [2.75, 3.05) is 0 Å². The van der Waals surface area contributed by atoms with Crippen LogP contribution >= 0.6 is 0 Å². The number of hydrogen-bond acceptors (Lipinski definition) is 3. The van der Waals surface area contributed by atoms with Gasteiger partial charge in [-0.15, -0.1) is 0 Å². The van der Waals surface area contributed by atoms with Crippen molar-refractivity contribution in [3.63, 3.8) is 0 Å². The molecule has 1 aromatic rings. The fourth-order valence-electron chi connectivity index (χ4n) is 10.3. The van der Waals surface area contributed by atoms with Crippen LogP contribution in [0.1, 0.15) is 117 Å². The molecule has 0 aromatic heterocycles. The highest BCUT2D eigenvalue weighted by Gasteiger charge is 2.60. The molecule has 10 unspecified atom stereocenters. The Kier molecular flexibility index (Phi) is 8.17. The molecule has 5 rings (SSSR count). The first-order valence-corrected chi connectivity index (χ1v) is 17.4. The number of hydrogen-bond donors (Lipinski definition) is 0. The van der Waals surface area contributed by atoms with Crippen LogP contribution in [0.15, 0.2) is 29.2 Å². The third-order valence-electron chi connectivity index (χ3n) is 12.6. The Morgan fingerprint density at radius 3 is 2.29 bits per heavy atom. The number of aryl methyl sites for hydroxylation is 1. The van der Waals surface area contributed by atoms with Crippen molar-refractivity contribution in [3.05, 3.63) is 29.8 Å². The molecule has 0 radical (unpaired) electrons. The van der Waals surface area contributed by atoms with Crippen molar-refractivity contribution < 1.29 is 12.6 Å². The topological polar surface area (TPSA) is 43.4 Å². The molecule has 0 amide bonds. The van der Waals surface area contributed by atoms with Gasteiger partial charge in [0.1, 0.15) is 0 Å². The van der Waals surface area contributed by atoms with Gasteiger partial charge >= 0.3 is 0 Å². The zero-order chi connectivity index (χ0) is 27.3. The molecule has 3 nitrogen and oxygen atoms in total. The van der Waals surface area contributed by atoms with Gasteiger partial charge in [0, 0.05) is 0 Å². The van der Waals surface area contributed by atoms with E-state index in [2.05, 4.69) is 34.6 Å². The highest BCUT2D eigenvalue weighted by Crippen LogP contribution is 2.67. The Hall–Kier alpha value is -0.870. The Bertz CT molecular complexity index is 1060. The van der Waals surface area contributed by atoms with Crippen molar-refractivity contribution in [3.8, 4) is 0 Å². The third kappa shape index (κ3) is 5.04. The summed E-state index contributed by atoms with van der Waals surface area (Å²) >= 11 is 0. The molecule has 0 saturated heterocycles. The first kappa shape index (κ1) is 28.7. The predicted molar refractivity (Wildman–Crippen MR) is 156 cm³/mol. The summed E-state index contributed by atoms with van der Waals surface area (Å²) in [5, 5.41) is 0. The van der Waals surface area contributed by atoms with Gasteiger partial charge in [0.15, 0.2) is 0 Å². The molecule has 4 fully saturated rings. The zero-order valence-corrected chi connectivity index (χ0v) is 25.9. The summed E-state index contributed by atoms with van der Waals surface area (Å²) < 4.78 is 32.7. The summed E-state index contributed by atoms with van der Waals surface area (Å²) in [7, 11) is -3.77. The van der Waals surface area contributed by atoms with Crippen molar-refractivity contribution in [2.24, 2.45) is 52.8 Å². The Labute approximate surface area is 234 Å². The van der Waals surface area contributed by atoms with Gasteiger partial charge in [-0.2, -0.15) is 8.42 Å². The van der Waals surface area contributed by atoms with Gasteiger partial charge in [-0.1, -0.05) is 71.1 Å². The molecule has 10 atom stereocenters. The van der Waals surface area contributed by atoms with E-state index in [1.54, 1.807) is 12.1 Å².